The van der Waals surface area contributed by atoms with Crippen LogP contribution in [0.15, 0.2) is 18.2 Å². The fourth-order valence-electron chi connectivity index (χ4n) is 2.60. The van der Waals surface area contributed by atoms with Gasteiger partial charge in [-0.2, -0.15) is 0 Å². The van der Waals surface area contributed by atoms with E-state index in [1.807, 2.05) is 26.8 Å². The third-order valence-electron chi connectivity index (χ3n) is 4.05. The maximum atomic E-state index is 11.9. The lowest BCUT2D eigenvalue weighted by Gasteiger charge is -2.27. The van der Waals surface area contributed by atoms with Crippen molar-refractivity contribution in [2.75, 3.05) is 44.6 Å². The molecule has 2 N–H and O–H groups in total. The topological polar surface area (TPSA) is 53.6 Å². The largest absolute Gasteiger partial charge is 0.492 e. The van der Waals surface area contributed by atoms with Gasteiger partial charge in [-0.15, -0.1) is 0 Å². The molecule has 1 aliphatic rings. The van der Waals surface area contributed by atoms with Crippen molar-refractivity contribution in [3.63, 3.8) is 0 Å². The number of carbonyl (C=O) groups is 1. The normalized spacial score (nSPS) is 15.7. The molecule has 0 atom stereocenters. The number of carbonyl (C=O) groups excluding carboxylic acids is 1. The van der Waals surface area contributed by atoms with E-state index in [-0.39, 0.29) is 11.8 Å². The first kappa shape index (κ1) is 17.8. The molecule has 1 amide bonds. The van der Waals surface area contributed by atoms with Gasteiger partial charge in [0.15, 0.2) is 0 Å². The Kier molecular flexibility index (Phi) is 6.86. The van der Waals surface area contributed by atoms with Gasteiger partial charge in [0.05, 0.1) is 12.3 Å². The van der Waals surface area contributed by atoms with Crippen LogP contribution in [0.5, 0.6) is 5.75 Å². The molecular weight excluding hydrogens is 290 g/mol. The summed E-state index contributed by atoms with van der Waals surface area (Å²) >= 11 is 0. The predicted molar refractivity (Wildman–Crippen MR) is 94.1 cm³/mol. The van der Waals surface area contributed by atoms with Crippen LogP contribution < -0.4 is 15.4 Å². The molecule has 0 saturated carbocycles. The Balaban J connectivity index is 2.00. The van der Waals surface area contributed by atoms with Gasteiger partial charge in [-0.25, -0.2) is 0 Å². The Morgan fingerprint density at radius 1 is 1.35 bits per heavy atom. The number of hydrogen-bond acceptors (Lipinski definition) is 4. The highest BCUT2D eigenvalue weighted by Gasteiger charge is 2.13. The van der Waals surface area contributed by atoms with E-state index in [2.05, 4.69) is 27.7 Å². The lowest BCUT2D eigenvalue weighted by atomic mass is 10.1. The highest BCUT2D eigenvalue weighted by molar-refractivity contribution is 5.93. The van der Waals surface area contributed by atoms with Gasteiger partial charge in [-0.05, 0) is 31.0 Å². The lowest BCUT2D eigenvalue weighted by Crippen LogP contribution is -2.44. The molecule has 0 unspecified atom stereocenters. The van der Waals surface area contributed by atoms with Crippen molar-refractivity contribution in [3.8, 4) is 5.75 Å². The van der Waals surface area contributed by atoms with Crippen molar-refractivity contribution in [2.45, 2.75) is 27.2 Å². The molecule has 0 radical (unpaired) electrons. The van der Waals surface area contributed by atoms with Crippen LogP contribution >= 0.6 is 0 Å². The number of amides is 1. The second-order valence-corrected chi connectivity index (χ2v) is 6.25. The summed E-state index contributed by atoms with van der Waals surface area (Å²) in [5, 5.41) is 6.32. The molecule has 0 spiro atoms. The monoisotopic (exact) mass is 319 g/mol. The van der Waals surface area contributed by atoms with Gasteiger partial charge in [0, 0.05) is 38.6 Å². The highest BCUT2D eigenvalue weighted by Crippen LogP contribution is 2.27. The zero-order valence-corrected chi connectivity index (χ0v) is 14.5. The summed E-state index contributed by atoms with van der Waals surface area (Å²) in [5.41, 5.74) is 2.01. The Hall–Kier alpha value is -1.59. The van der Waals surface area contributed by atoms with E-state index < -0.39 is 0 Å². The Morgan fingerprint density at radius 2 is 2.09 bits per heavy atom. The number of rotatable bonds is 7. The molecule has 1 aromatic rings. The molecule has 128 valence electrons. The Morgan fingerprint density at radius 3 is 2.74 bits per heavy atom. The summed E-state index contributed by atoms with van der Waals surface area (Å²) in [5.74, 6) is 0.732. The van der Waals surface area contributed by atoms with E-state index in [4.69, 9.17) is 4.74 Å². The average molecular weight is 319 g/mol. The van der Waals surface area contributed by atoms with Crippen LogP contribution in [0.4, 0.5) is 5.69 Å². The Labute approximate surface area is 139 Å². The molecule has 1 heterocycles. The van der Waals surface area contributed by atoms with Crippen LogP contribution in [0.1, 0.15) is 26.3 Å². The van der Waals surface area contributed by atoms with E-state index in [0.29, 0.717) is 6.61 Å². The highest BCUT2D eigenvalue weighted by atomic mass is 16.5. The standard InChI is InChI=1S/C18H29N3O2/c1-4-23-17-13-15(7-10-21-11-8-19-9-12-21)5-6-16(17)20-18(22)14(2)3/h5-6,13-14,19H,4,7-12H2,1-3H3,(H,20,22). The quantitative estimate of drug-likeness (QED) is 0.808. The number of benzene rings is 1. The molecular formula is C18H29N3O2. The van der Waals surface area contributed by atoms with E-state index in [1.54, 1.807) is 0 Å². The van der Waals surface area contributed by atoms with Crippen molar-refractivity contribution >= 4 is 11.6 Å². The van der Waals surface area contributed by atoms with E-state index in [9.17, 15) is 4.79 Å². The Bertz CT molecular complexity index is 511. The van der Waals surface area contributed by atoms with Gasteiger partial charge < -0.3 is 20.3 Å². The number of hydrogen-bond donors (Lipinski definition) is 2. The van der Waals surface area contributed by atoms with Crippen molar-refractivity contribution in [2.24, 2.45) is 5.92 Å². The fraction of sp³-hybridized carbons (Fsp3) is 0.611. The van der Waals surface area contributed by atoms with Gasteiger partial charge in [-0.1, -0.05) is 19.9 Å². The van der Waals surface area contributed by atoms with Gasteiger partial charge in [-0.3, -0.25) is 4.79 Å². The first-order chi connectivity index (χ1) is 11.1. The van der Waals surface area contributed by atoms with Gasteiger partial charge in [0.25, 0.3) is 0 Å². The third kappa shape index (κ3) is 5.52. The average Bonchev–Trinajstić information content (AvgIpc) is 2.56. The molecule has 0 bridgehead atoms. The summed E-state index contributed by atoms with van der Waals surface area (Å²) in [7, 11) is 0. The fourth-order valence-corrected chi connectivity index (χ4v) is 2.60. The molecule has 2 rings (SSSR count). The van der Waals surface area contributed by atoms with Crippen molar-refractivity contribution < 1.29 is 9.53 Å². The van der Waals surface area contributed by atoms with E-state index in [0.717, 1.165) is 50.6 Å². The summed E-state index contributed by atoms with van der Waals surface area (Å²) in [6.07, 6.45) is 0.998. The van der Waals surface area contributed by atoms with Crippen LogP contribution in [0, 0.1) is 5.92 Å². The molecule has 5 nitrogen and oxygen atoms in total. The minimum absolute atomic E-state index is 0.0134. The molecule has 0 aromatic heterocycles. The minimum atomic E-state index is -0.0446. The first-order valence-electron chi connectivity index (χ1n) is 8.59. The smallest absolute Gasteiger partial charge is 0.227 e. The van der Waals surface area contributed by atoms with Crippen LogP contribution in [-0.2, 0) is 11.2 Å². The number of nitrogens with zero attached hydrogens (tertiary/aromatic N) is 1. The molecule has 1 aliphatic heterocycles. The molecule has 1 saturated heterocycles. The molecule has 23 heavy (non-hydrogen) atoms. The molecule has 1 aromatic carbocycles. The van der Waals surface area contributed by atoms with E-state index in [1.165, 1.54) is 5.56 Å². The van der Waals surface area contributed by atoms with Crippen LogP contribution in [0.2, 0.25) is 0 Å². The summed E-state index contributed by atoms with van der Waals surface area (Å²) in [6.45, 7) is 11.8. The maximum absolute atomic E-state index is 11.9. The minimum Gasteiger partial charge on any atom is -0.492 e. The number of anilines is 1. The number of piperazine rings is 1. The predicted octanol–water partition coefficient (Wildman–Crippen LogP) is 2.13. The van der Waals surface area contributed by atoms with Crippen molar-refractivity contribution in [3.05, 3.63) is 23.8 Å². The maximum Gasteiger partial charge on any atom is 0.227 e. The van der Waals surface area contributed by atoms with Crippen molar-refractivity contribution in [1.82, 2.24) is 10.2 Å². The summed E-state index contributed by atoms with van der Waals surface area (Å²) in [4.78, 5) is 14.4. The van der Waals surface area contributed by atoms with Gasteiger partial charge in [0.2, 0.25) is 5.91 Å². The lowest BCUT2D eigenvalue weighted by molar-refractivity contribution is -0.118. The van der Waals surface area contributed by atoms with Crippen LogP contribution in [-0.4, -0.2) is 50.1 Å². The van der Waals surface area contributed by atoms with Gasteiger partial charge >= 0.3 is 0 Å². The van der Waals surface area contributed by atoms with Gasteiger partial charge in [0.1, 0.15) is 5.75 Å². The van der Waals surface area contributed by atoms with E-state index >= 15 is 0 Å². The van der Waals surface area contributed by atoms with Crippen LogP contribution in [0.25, 0.3) is 0 Å². The second kappa shape index (κ2) is 8.89. The van der Waals surface area contributed by atoms with Crippen molar-refractivity contribution in [1.29, 1.82) is 0 Å². The SMILES string of the molecule is CCOc1cc(CCN2CCNCC2)ccc1NC(=O)C(C)C. The third-order valence-corrected chi connectivity index (χ3v) is 4.05. The first-order valence-corrected chi connectivity index (χ1v) is 8.59. The second-order valence-electron chi connectivity index (χ2n) is 6.25. The number of ether oxygens (including phenoxy) is 1. The number of nitrogens with one attached hydrogen (secondary N) is 2. The summed E-state index contributed by atoms with van der Waals surface area (Å²) in [6, 6.07) is 6.10. The molecule has 1 fully saturated rings. The zero-order chi connectivity index (χ0) is 16.7. The molecule has 0 aliphatic carbocycles. The zero-order valence-electron chi connectivity index (χ0n) is 14.5. The van der Waals surface area contributed by atoms with Crippen LogP contribution in [0.3, 0.4) is 0 Å². The molecule has 5 heteroatoms. The summed E-state index contributed by atoms with van der Waals surface area (Å²) < 4.78 is 5.71.